The van der Waals surface area contributed by atoms with Crippen LogP contribution in [0.1, 0.15) is 83.3 Å². The van der Waals surface area contributed by atoms with Crippen molar-refractivity contribution in [3.8, 4) is 0 Å². The van der Waals surface area contributed by atoms with Gasteiger partial charge in [0.2, 0.25) is 0 Å². The molecule has 0 aromatic heterocycles. The molecule has 0 amide bonds. The highest BCUT2D eigenvalue weighted by Gasteiger charge is 2.65. The van der Waals surface area contributed by atoms with Gasteiger partial charge in [0.1, 0.15) is 12.5 Å². The van der Waals surface area contributed by atoms with Crippen molar-refractivity contribution in [3.63, 3.8) is 0 Å². The number of aliphatic hydroxyl groups excluding tert-OH is 4. The molecule has 53 heavy (non-hydrogen) atoms. The zero-order valence-corrected chi connectivity index (χ0v) is 32.5. The lowest BCUT2D eigenvalue weighted by Crippen LogP contribution is -2.61. The SMILES string of the molecule is C=C(C=CC=C(COCCO)C1CCC2(C(CCCO)C(=C(C)C=O)CCC2(O)CCNC)C1O)C1CC=C(C)C(O)NC(C)Cc2cccc(c2)C1. The normalized spacial score (nSPS) is 32.3. The van der Waals surface area contributed by atoms with Crippen LogP contribution in [0.15, 0.2) is 83.0 Å². The van der Waals surface area contributed by atoms with Crippen molar-refractivity contribution in [2.75, 3.05) is 40.0 Å². The summed E-state index contributed by atoms with van der Waals surface area (Å²) in [5, 5.41) is 61.9. The van der Waals surface area contributed by atoms with Gasteiger partial charge in [0.05, 0.1) is 31.5 Å². The highest BCUT2D eigenvalue weighted by molar-refractivity contribution is 5.74. The molecule has 2 fully saturated rings. The number of ether oxygens (including phenoxy) is 1. The fourth-order valence-corrected chi connectivity index (χ4v) is 9.44. The third-order valence-electron chi connectivity index (χ3n) is 12.4. The standard InChI is InChI=1S/C44H66N2O7/c1-30(36-15-14-31(2)42(51)46-33(4)25-34-10-7-11-35(26-34)27-36)9-6-12-37(29-53-24-23-48)39-17-19-44(41(39)50)40(13-8-22-47)38(32(3)28-49)16-18-43(44,52)20-21-45-5/h6-7,9-12,14,26,28,33,36,39-42,45-48,50-52H,1,8,13,15-25,27,29H2,2-5H3. The predicted octanol–water partition coefficient (Wildman–Crippen LogP) is 4.88. The van der Waals surface area contributed by atoms with Crippen molar-refractivity contribution >= 4 is 6.29 Å². The van der Waals surface area contributed by atoms with Crippen LogP contribution in [0.2, 0.25) is 0 Å². The smallest absolute Gasteiger partial charge is 0.145 e. The first kappa shape index (κ1) is 43.0. The van der Waals surface area contributed by atoms with Crippen LogP contribution in [0.5, 0.6) is 0 Å². The Morgan fingerprint density at radius 1 is 1.15 bits per heavy atom. The lowest BCUT2D eigenvalue weighted by molar-refractivity contribution is -0.180. The molecule has 9 nitrogen and oxygen atoms in total. The van der Waals surface area contributed by atoms with Crippen molar-refractivity contribution in [2.24, 2.45) is 23.2 Å². The molecule has 2 aliphatic carbocycles. The van der Waals surface area contributed by atoms with Gasteiger partial charge in [-0.05, 0) is 138 Å². The minimum atomic E-state index is -1.18. The fraction of sp³-hybridized carbons (Fsp3) is 0.614. The number of aliphatic hydroxyl groups is 5. The second-order valence-electron chi connectivity index (χ2n) is 15.8. The lowest BCUT2D eigenvalue weighted by Gasteiger charge is -2.57. The lowest BCUT2D eigenvalue weighted by atomic mass is 9.51. The summed E-state index contributed by atoms with van der Waals surface area (Å²) in [7, 11) is 1.86. The quantitative estimate of drug-likeness (QED) is 0.0440. The van der Waals surface area contributed by atoms with E-state index >= 15 is 0 Å². The first-order chi connectivity index (χ1) is 25.4. The summed E-state index contributed by atoms with van der Waals surface area (Å²) in [6.45, 7) is 11.2. The highest BCUT2D eigenvalue weighted by atomic mass is 16.5. The van der Waals surface area contributed by atoms with Crippen molar-refractivity contribution in [2.45, 2.75) is 109 Å². The molecule has 3 aliphatic rings. The van der Waals surface area contributed by atoms with Crippen LogP contribution in [-0.4, -0.2) is 95.8 Å². The van der Waals surface area contributed by atoms with Gasteiger partial charge in [-0.15, -0.1) is 0 Å². The summed E-state index contributed by atoms with van der Waals surface area (Å²) >= 11 is 0. The van der Waals surface area contributed by atoms with Gasteiger partial charge in [-0.2, -0.15) is 0 Å². The average molecular weight is 735 g/mol. The number of aldehydes is 1. The van der Waals surface area contributed by atoms with E-state index in [0.29, 0.717) is 63.5 Å². The molecule has 2 bridgehead atoms. The predicted molar refractivity (Wildman–Crippen MR) is 211 cm³/mol. The topological polar surface area (TPSA) is 152 Å². The Balaban J connectivity index is 1.69. The third kappa shape index (κ3) is 10.3. The van der Waals surface area contributed by atoms with Gasteiger partial charge in [-0.25, -0.2) is 0 Å². The van der Waals surface area contributed by atoms with Crippen LogP contribution in [-0.2, 0) is 22.4 Å². The molecule has 4 rings (SSSR count). The number of hydrogen-bond donors (Lipinski definition) is 7. The molecule has 0 saturated heterocycles. The van der Waals surface area contributed by atoms with Crippen LogP contribution < -0.4 is 10.6 Å². The van der Waals surface area contributed by atoms with Gasteiger partial charge in [0.15, 0.2) is 0 Å². The van der Waals surface area contributed by atoms with Crippen molar-refractivity contribution < 1.29 is 35.1 Å². The molecule has 8 atom stereocenters. The van der Waals surface area contributed by atoms with Crippen molar-refractivity contribution in [1.29, 1.82) is 0 Å². The molecule has 2 saturated carbocycles. The van der Waals surface area contributed by atoms with Crippen LogP contribution in [0.3, 0.4) is 0 Å². The maximum atomic E-state index is 12.6. The zero-order valence-electron chi connectivity index (χ0n) is 32.5. The summed E-state index contributed by atoms with van der Waals surface area (Å²) in [6.07, 6.45) is 13.3. The molecule has 1 spiro atoms. The summed E-state index contributed by atoms with van der Waals surface area (Å²) in [4.78, 5) is 12.1. The van der Waals surface area contributed by atoms with Crippen LogP contribution in [0, 0.1) is 23.2 Å². The average Bonchev–Trinajstić information content (AvgIpc) is 3.48. The molecular weight excluding hydrogens is 668 g/mol. The maximum absolute atomic E-state index is 12.6. The number of rotatable bonds is 15. The van der Waals surface area contributed by atoms with E-state index in [9.17, 15) is 30.3 Å². The number of hydrogen-bond acceptors (Lipinski definition) is 9. The van der Waals surface area contributed by atoms with Gasteiger partial charge in [0.25, 0.3) is 0 Å². The Morgan fingerprint density at radius 3 is 2.60 bits per heavy atom. The second-order valence-corrected chi connectivity index (χ2v) is 15.8. The molecule has 7 N–H and O–H groups in total. The van der Waals surface area contributed by atoms with E-state index in [1.807, 2.05) is 39.1 Å². The zero-order chi connectivity index (χ0) is 38.6. The molecular formula is C44H66N2O7. The van der Waals surface area contributed by atoms with E-state index in [1.54, 1.807) is 0 Å². The van der Waals surface area contributed by atoms with Crippen LogP contribution in [0.4, 0.5) is 0 Å². The highest BCUT2D eigenvalue weighted by Crippen LogP contribution is 2.64. The third-order valence-corrected chi connectivity index (χ3v) is 12.4. The van der Waals surface area contributed by atoms with Gasteiger partial charge in [0, 0.05) is 24.0 Å². The largest absolute Gasteiger partial charge is 0.396 e. The summed E-state index contributed by atoms with van der Waals surface area (Å²) in [5.41, 5.74) is 4.67. The number of carbonyl (C=O) groups is 1. The van der Waals surface area contributed by atoms with E-state index in [4.69, 9.17) is 4.74 Å². The molecule has 1 aliphatic heterocycles. The van der Waals surface area contributed by atoms with Crippen molar-refractivity contribution in [3.05, 3.63) is 94.1 Å². The minimum absolute atomic E-state index is 0.0121. The van der Waals surface area contributed by atoms with Crippen LogP contribution >= 0.6 is 0 Å². The maximum Gasteiger partial charge on any atom is 0.145 e. The first-order valence-corrected chi connectivity index (χ1v) is 19.7. The second kappa shape index (κ2) is 20.3. The first-order valence-electron chi connectivity index (χ1n) is 19.7. The summed E-state index contributed by atoms with van der Waals surface area (Å²) in [6, 6.07) is 8.75. The molecule has 294 valence electrons. The summed E-state index contributed by atoms with van der Waals surface area (Å²) in [5.74, 6) is -0.504. The molecule has 1 aromatic carbocycles. The Labute approximate surface area is 317 Å². The number of fused-ring (bicyclic) bond motifs is 2. The van der Waals surface area contributed by atoms with E-state index in [0.717, 1.165) is 41.4 Å². The van der Waals surface area contributed by atoms with Crippen LogP contribution in [0.25, 0.3) is 0 Å². The molecule has 1 aromatic rings. The number of carbonyl (C=O) groups excluding carboxylic acids is 1. The van der Waals surface area contributed by atoms with E-state index < -0.39 is 23.3 Å². The number of nitrogens with one attached hydrogen (secondary N) is 2. The van der Waals surface area contributed by atoms with Gasteiger partial charge < -0.3 is 35.6 Å². The molecule has 1 heterocycles. The molecule has 8 unspecified atom stereocenters. The number of allylic oxidation sites excluding steroid dienone is 7. The summed E-state index contributed by atoms with van der Waals surface area (Å²) < 4.78 is 5.89. The van der Waals surface area contributed by atoms with Gasteiger partial charge >= 0.3 is 0 Å². The van der Waals surface area contributed by atoms with E-state index in [-0.39, 0.29) is 50.2 Å². The Hall–Kier alpha value is -2.73. The minimum Gasteiger partial charge on any atom is -0.396 e. The van der Waals surface area contributed by atoms with Crippen molar-refractivity contribution in [1.82, 2.24) is 10.6 Å². The van der Waals surface area contributed by atoms with Gasteiger partial charge in [-0.1, -0.05) is 66.3 Å². The number of benzene rings is 1. The monoisotopic (exact) mass is 734 g/mol. The van der Waals surface area contributed by atoms with E-state index in [1.165, 1.54) is 11.1 Å². The fourth-order valence-electron chi connectivity index (χ4n) is 9.44. The Bertz CT molecular complexity index is 1500. The van der Waals surface area contributed by atoms with E-state index in [2.05, 4.69) is 54.5 Å². The molecule has 9 heteroatoms. The molecule has 0 radical (unpaired) electrons. The Kier molecular flexibility index (Phi) is 16.4. The van der Waals surface area contributed by atoms with Gasteiger partial charge in [-0.3, -0.25) is 10.1 Å². The Morgan fingerprint density at radius 2 is 1.91 bits per heavy atom.